The summed E-state index contributed by atoms with van der Waals surface area (Å²) in [7, 11) is 1.82. The van der Waals surface area contributed by atoms with Crippen LogP contribution in [0.1, 0.15) is 32.1 Å². The molecule has 0 aromatic heterocycles. The lowest BCUT2D eigenvalue weighted by atomic mass is 9.89. The molecule has 0 spiro atoms. The van der Waals surface area contributed by atoms with Gasteiger partial charge in [-0.2, -0.15) is 0 Å². The standard InChI is InChI=1S/C15H24N2O4/c1-16(8-10-3-2-6-21-9-10)15(20)17-11-4-5-13(17)12(7-11)14(18)19/h10-13H,2-9H2,1H3,(H,18,19). The molecule has 6 nitrogen and oxygen atoms in total. The second-order valence-electron chi connectivity index (χ2n) is 6.63. The molecule has 21 heavy (non-hydrogen) atoms. The first-order chi connectivity index (χ1) is 10.1. The zero-order valence-corrected chi connectivity index (χ0v) is 12.5. The first kappa shape index (κ1) is 14.6. The molecule has 0 saturated carbocycles. The summed E-state index contributed by atoms with van der Waals surface area (Å²) in [6.45, 7) is 2.25. The Morgan fingerprint density at radius 1 is 1.33 bits per heavy atom. The van der Waals surface area contributed by atoms with Crippen molar-refractivity contribution in [3.63, 3.8) is 0 Å². The third kappa shape index (κ3) is 2.73. The Morgan fingerprint density at radius 3 is 2.76 bits per heavy atom. The van der Waals surface area contributed by atoms with Crippen molar-refractivity contribution < 1.29 is 19.4 Å². The molecular weight excluding hydrogens is 272 g/mol. The van der Waals surface area contributed by atoms with Crippen LogP contribution in [0.3, 0.4) is 0 Å². The van der Waals surface area contributed by atoms with Crippen molar-refractivity contribution in [2.45, 2.75) is 44.2 Å². The van der Waals surface area contributed by atoms with Gasteiger partial charge in [-0.05, 0) is 32.1 Å². The summed E-state index contributed by atoms with van der Waals surface area (Å²) in [5, 5.41) is 9.27. The minimum absolute atomic E-state index is 0.00294. The topological polar surface area (TPSA) is 70.1 Å². The van der Waals surface area contributed by atoms with E-state index in [1.54, 1.807) is 4.90 Å². The third-order valence-corrected chi connectivity index (χ3v) is 5.19. The minimum Gasteiger partial charge on any atom is -0.481 e. The Hall–Kier alpha value is -1.30. The number of aliphatic carboxylic acids is 1. The van der Waals surface area contributed by atoms with Crippen molar-refractivity contribution in [3.05, 3.63) is 0 Å². The molecule has 0 aliphatic carbocycles. The molecule has 3 aliphatic heterocycles. The number of fused-ring (bicyclic) bond motifs is 2. The highest BCUT2D eigenvalue weighted by Gasteiger charge is 2.52. The van der Waals surface area contributed by atoms with Crippen LogP contribution in [0, 0.1) is 11.8 Å². The van der Waals surface area contributed by atoms with E-state index < -0.39 is 5.97 Å². The molecule has 0 aromatic rings. The molecule has 4 atom stereocenters. The maximum absolute atomic E-state index is 12.7. The summed E-state index contributed by atoms with van der Waals surface area (Å²) in [4.78, 5) is 27.5. The second-order valence-corrected chi connectivity index (χ2v) is 6.63. The van der Waals surface area contributed by atoms with Crippen molar-refractivity contribution in [1.29, 1.82) is 0 Å². The van der Waals surface area contributed by atoms with Crippen LogP contribution in [0.15, 0.2) is 0 Å². The van der Waals surface area contributed by atoms with Crippen molar-refractivity contribution in [3.8, 4) is 0 Å². The molecule has 2 amide bonds. The molecule has 3 fully saturated rings. The molecule has 3 heterocycles. The molecule has 0 radical (unpaired) electrons. The summed E-state index contributed by atoms with van der Waals surface area (Å²) in [6, 6.07) is 0.00975. The lowest BCUT2D eigenvalue weighted by Gasteiger charge is -2.32. The van der Waals surface area contributed by atoms with E-state index in [1.165, 1.54) is 0 Å². The van der Waals surface area contributed by atoms with E-state index in [1.807, 2.05) is 11.9 Å². The van der Waals surface area contributed by atoms with Gasteiger partial charge in [0.25, 0.3) is 0 Å². The predicted octanol–water partition coefficient (Wildman–Crippen LogP) is 1.40. The van der Waals surface area contributed by atoms with Gasteiger partial charge >= 0.3 is 12.0 Å². The van der Waals surface area contributed by atoms with Crippen LogP contribution in [0.2, 0.25) is 0 Å². The fourth-order valence-corrected chi connectivity index (χ4v) is 4.17. The summed E-state index contributed by atoms with van der Waals surface area (Å²) in [5.74, 6) is -0.731. The van der Waals surface area contributed by atoms with Crippen LogP contribution in [0.25, 0.3) is 0 Å². The van der Waals surface area contributed by atoms with E-state index in [4.69, 9.17) is 4.74 Å². The van der Waals surface area contributed by atoms with Gasteiger partial charge in [-0.1, -0.05) is 0 Å². The number of hydrogen-bond donors (Lipinski definition) is 1. The van der Waals surface area contributed by atoms with E-state index in [0.717, 1.165) is 38.9 Å². The van der Waals surface area contributed by atoms with E-state index in [2.05, 4.69) is 0 Å². The third-order valence-electron chi connectivity index (χ3n) is 5.19. The Kier molecular flexibility index (Phi) is 4.06. The van der Waals surface area contributed by atoms with Gasteiger partial charge in [0.1, 0.15) is 0 Å². The maximum atomic E-state index is 12.7. The zero-order valence-electron chi connectivity index (χ0n) is 12.5. The van der Waals surface area contributed by atoms with Crippen molar-refractivity contribution in [2.75, 3.05) is 26.8 Å². The quantitative estimate of drug-likeness (QED) is 0.854. The van der Waals surface area contributed by atoms with Gasteiger partial charge in [0.2, 0.25) is 0 Å². The molecule has 0 aromatic carbocycles. The summed E-state index contributed by atoms with van der Waals surface area (Å²) in [5.41, 5.74) is 0. The Bertz CT molecular complexity index is 422. The van der Waals surface area contributed by atoms with Crippen LogP contribution >= 0.6 is 0 Å². The normalized spacial score (nSPS) is 35.0. The SMILES string of the molecule is CN(CC1CCCOC1)C(=O)N1C2CCC1C(C(=O)O)C2. The lowest BCUT2D eigenvalue weighted by molar-refractivity contribution is -0.142. The molecular formula is C15H24N2O4. The van der Waals surface area contributed by atoms with Crippen molar-refractivity contribution >= 4 is 12.0 Å². The Labute approximate surface area is 125 Å². The van der Waals surface area contributed by atoms with Crippen LogP contribution in [0.5, 0.6) is 0 Å². The van der Waals surface area contributed by atoms with Gasteiger partial charge in [-0.3, -0.25) is 4.79 Å². The number of carboxylic acids is 1. The highest BCUT2D eigenvalue weighted by Crippen LogP contribution is 2.42. The van der Waals surface area contributed by atoms with Crippen LogP contribution in [-0.2, 0) is 9.53 Å². The van der Waals surface area contributed by atoms with Crippen molar-refractivity contribution in [2.24, 2.45) is 11.8 Å². The number of urea groups is 1. The largest absolute Gasteiger partial charge is 0.481 e. The lowest BCUT2D eigenvalue weighted by Crippen LogP contribution is -2.47. The number of carbonyl (C=O) groups is 2. The maximum Gasteiger partial charge on any atom is 0.320 e. The number of carbonyl (C=O) groups excluding carboxylic acids is 1. The van der Waals surface area contributed by atoms with Crippen LogP contribution in [-0.4, -0.2) is 65.8 Å². The van der Waals surface area contributed by atoms with E-state index in [9.17, 15) is 14.7 Å². The Balaban J connectivity index is 1.61. The fourth-order valence-electron chi connectivity index (χ4n) is 4.17. The van der Waals surface area contributed by atoms with Crippen LogP contribution < -0.4 is 0 Å². The van der Waals surface area contributed by atoms with Gasteiger partial charge in [0.05, 0.1) is 12.5 Å². The molecule has 3 rings (SSSR count). The number of rotatable bonds is 3. The smallest absolute Gasteiger partial charge is 0.320 e. The summed E-state index contributed by atoms with van der Waals surface area (Å²) in [6.07, 6.45) is 4.55. The monoisotopic (exact) mass is 296 g/mol. The number of amides is 2. The van der Waals surface area contributed by atoms with E-state index in [-0.39, 0.29) is 24.0 Å². The zero-order chi connectivity index (χ0) is 15.0. The number of ether oxygens (including phenoxy) is 1. The average molecular weight is 296 g/mol. The van der Waals surface area contributed by atoms with Gasteiger partial charge < -0.3 is 19.6 Å². The molecule has 1 N–H and O–H groups in total. The second kappa shape index (κ2) is 5.83. The Morgan fingerprint density at radius 2 is 2.14 bits per heavy atom. The van der Waals surface area contributed by atoms with Crippen LogP contribution in [0.4, 0.5) is 4.79 Å². The number of nitrogens with zero attached hydrogens (tertiary/aromatic N) is 2. The highest BCUT2D eigenvalue weighted by molar-refractivity contribution is 5.79. The molecule has 3 saturated heterocycles. The first-order valence-corrected chi connectivity index (χ1v) is 7.92. The van der Waals surface area contributed by atoms with Crippen molar-refractivity contribution in [1.82, 2.24) is 9.80 Å². The van der Waals surface area contributed by atoms with Gasteiger partial charge in [-0.25, -0.2) is 4.79 Å². The molecule has 6 heteroatoms. The van der Waals surface area contributed by atoms with E-state index in [0.29, 0.717) is 18.9 Å². The number of carboxylic acid groups (broad SMARTS) is 1. The van der Waals surface area contributed by atoms with E-state index >= 15 is 0 Å². The summed E-state index contributed by atoms with van der Waals surface area (Å²) < 4.78 is 5.46. The highest BCUT2D eigenvalue weighted by atomic mass is 16.5. The predicted molar refractivity (Wildman–Crippen MR) is 76.0 cm³/mol. The summed E-state index contributed by atoms with van der Waals surface area (Å²) >= 11 is 0. The van der Waals surface area contributed by atoms with Gasteiger partial charge in [0, 0.05) is 38.2 Å². The molecule has 2 bridgehead atoms. The van der Waals surface area contributed by atoms with Gasteiger partial charge in [-0.15, -0.1) is 0 Å². The van der Waals surface area contributed by atoms with Gasteiger partial charge in [0.15, 0.2) is 0 Å². The molecule has 4 unspecified atom stereocenters. The fraction of sp³-hybridized carbons (Fsp3) is 0.867. The molecule has 118 valence electrons. The minimum atomic E-state index is -0.761. The average Bonchev–Trinajstić information content (AvgIpc) is 3.05. The number of hydrogen-bond acceptors (Lipinski definition) is 3. The first-order valence-electron chi connectivity index (χ1n) is 7.92. The molecule has 3 aliphatic rings.